The van der Waals surface area contributed by atoms with Gasteiger partial charge in [0, 0.05) is 0 Å². The predicted octanol–water partition coefficient (Wildman–Crippen LogP) is 14.1. The Morgan fingerprint density at radius 1 is 0.200 bits per heavy atom. The van der Waals surface area contributed by atoms with Crippen molar-refractivity contribution >= 4 is 53.9 Å². The van der Waals surface area contributed by atoms with Gasteiger partial charge in [-0.15, -0.1) is 0 Å². The molecule has 0 heterocycles. The summed E-state index contributed by atoms with van der Waals surface area (Å²) in [6, 6.07) is 71.3. The predicted molar refractivity (Wildman–Crippen MR) is 216 cm³/mol. The van der Waals surface area contributed by atoms with Crippen molar-refractivity contribution in [2.75, 3.05) is 0 Å². The van der Waals surface area contributed by atoms with E-state index in [0.29, 0.717) is 0 Å². The van der Waals surface area contributed by atoms with Crippen LogP contribution in [0.4, 0.5) is 0 Å². The van der Waals surface area contributed by atoms with E-state index < -0.39 is 0 Å². The maximum Gasteiger partial charge on any atom is -0.00199 e. The van der Waals surface area contributed by atoms with E-state index in [0.717, 1.165) is 0 Å². The maximum absolute atomic E-state index is 2.45. The lowest BCUT2D eigenvalue weighted by atomic mass is 9.83. The number of rotatable bonds is 4. The van der Waals surface area contributed by atoms with E-state index in [1.54, 1.807) is 0 Å². The van der Waals surface area contributed by atoms with Crippen LogP contribution in [0, 0.1) is 0 Å². The third kappa shape index (κ3) is 4.46. The summed E-state index contributed by atoms with van der Waals surface area (Å²) < 4.78 is 0. The minimum atomic E-state index is 1.22. The molecule has 0 aromatic heterocycles. The van der Waals surface area contributed by atoms with Gasteiger partial charge in [-0.1, -0.05) is 188 Å². The normalized spacial score (nSPS) is 11.6. The van der Waals surface area contributed by atoms with Gasteiger partial charge in [-0.25, -0.2) is 0 Å². The zero-order chi connectivity index (χ0) is 33.0. The van der Waals surface area contributed by atoms with Gasteiger partial charge in [0.1, 0.15) is 0 Å². The number of fused-ring (bicyclic) bond motifs is 5. The van der Waals surface area contributed by atoms with Gasteiger partial charge in [-0.05, 0) is 104 Å². The molecule has 0 aliphatic heterocycles. The molecule has 0 fully saturated rings. The van der Waals surface area contributed by atoms with E-state index in [1.807, 2.05) is 0 Å². The Hall–Kier alpha value is -6.50. The molecule has 0 saturated heterocycles. The van der Waals surface area contributed by atoms with Gasteiger partial charge < -0.3 is 0 Å². The van der Waals surface area contributed by atoms with Crippen LogP contribution in [0.1, 0.15) is 0 Å². The number of hydrogen-bond acceptors (Lipinski definition) is 0. The Morgan fingerprint density at radius 2 is 0.640 bits per heavy atom. The quantitative estimate of drug-likeness (QED) is 0.169. The summed E-state index contributed by atoms with van der Waals surface area (Å²) in [6.45, 7) is 0. The Labute approximate surface area is 291 Å². The van der Waals surface area contributed by atoms with Crippen LogP contribution < -0.4 is 0 Å². The molecule has 0 nitrogen and oxygen atoms in total. The molecule has 50 heavy (non-hydrogen) atoms. The van der Waals surface area contributed by atoms with Crippen molar-refractivity contribution in [1.82, 2.24) is 0 Å². The van der Waals surface area contributed by atoms with Crippen LogP contribution in [0.2, 0.25) is 0 Å². The highest BCUT2D eigenvalue weighted by atomic mass is 14.2. The van der Waals surface area contributed by atoms with Crippen LogP contribution in [0.5, 0.6) is 0 Å². The van der Waals surface area contributed by atoms with Gasteiger partial charge in [0.2, 0.25) is 0 Å². The fraction of sp³-hybridized carbons (Fsp3) is 0. The first-order valence-electron chi connectivity index (χ1n) is 17.4. The standard InChI is InChI=1S/C50H32/c1-2-16-35(17-3-1)49-45-22-8-9-23-46(45)50(44-29-11-19-34-15-5-7-21-38(34)44)48-32-36(30-31-47(48)49)39-24-12-27-43-41(39)26-13-28-42(43)40-25-10-18-33-14-4-6-20-37(33)40/h1-32H. The maximum atomic E-state index is 2.45. The molecule has 10 aromatic rings. The lowest BCUT2D eigenvalue weighted by Crippen LogP contribution is -1.93. The Morgan fingerprint density at radius 3 is 1.34 bits per heavy atom. The van der Waals surface area contributed by atoms with Gasteiger partial charge in [0.05, 0.1) is 0 Å². The number of hydrogen-bond donors (Lipinski definition) is 0. The highest BCUT2D eigenvalue weighted by Gasteiger charge is 2.19. The monoisotopic (exact) mass is 632 g/mol. The second-order valence-electron chi connectivity index (χ2n) is 13.2. The van der Waals surface area contributed by atoms with E-state index in [9.17, 15) is 0 Å². The summed E-state index contributed by atoms with van der Waals surface area (Å²) in [5.74, 6) is 0. The van der Waals surface area contributed by atoms with Crippen molar-refractivity contribution < 1.29 is 0 Å². The second-order valence-corrected chi connectivity index (χ2v) is 13.2. The lowest BCUT2D eigenvalue weighted by molar-refractivity contribution is 1.65. The van der Waals surface area contributed by atoms with Crippen molar-refractivity contribution in [3.8, 4) is 44.5 Å². The van der Waals surface area contributed by atoms with E-state index in [-0.39, 0.29) is 0 Å². The molecule has 10 aromatic carbocycles. The van der Waals surface area contributed by atoms with E-state index in [2.05, 4.69) is 194 Å². The van der Waals surface area contributed by atoms with Crippen LogP contribution in [0.15, 0.2) is 194 Å². The summed E-state index contributed by atoms with van der Waals surface area (Å²) in [5, 5.41) is 12.6. The molecular weight excluding hydrogens is 601 g/mol. The van der Waals surface area contributed by atoms with Crippen LogP contribution in [-0.2, 0) is 0 Å². The smallest absolute Gasteiger partial charge is 0.00199 e. The molecule has 0 atom stereocenters. The largest absolute Gasteiger partial charge is 0.0622 e. The van der Waals surface area contributed by atoms with Crippen molar-refractivity contribution in [1.29, 1.82) is 0 Å². The van der Waals surface area contributed by atoms with Crippen LogP contribution in [0.3, 0.4) is 0 Å². The van der Waals surface area contributed by atoms with E-state index in [1.165, 1.54) is 98.4 Å². The molecule has 0 aliphatic carbocycles. The van der Waals surface area contributed by atoms with Crippen molar-refractivity contribution in [2.24, 2.45) is 0 Å². The summed E-state index contributed by atoms with van der Waals surface area (Å²) in [5.41, 5.74) is 10.0. The van der Waals surface area contributed by atoms with E-state index in [4.69, 9.17) is 0 Å². The van der Waals surface area contributed by atoms with Crippen molar-refractivity contribution in [3.05, 3.63) is 194 Å². The molecule has 0 aliphatic rings. The molecule has 0 amide bonds. The third-order valence-corrected chi connectivity index (χ3v) is 10.5. The van der Waals surface area contributed by atoms with Crippen LogP contribution in [0.25, 0.3) is 98.4 Å². The summed E-state index contributed by atoms with van der Waals surface area (Å²) in [7, 11) is 0. The fourth-order valence-corrected chi connectivity index (χ4v) is 8.25. The molecule has 0 spiro atoms. The van der Waals surface area contributed by atoms with Gasteiger partial charge in [0.15, 0.2) is 0 Å². The summed E-state index contributed by atoms with van der Waals surface area (Å²) >= 11 is 0. The minimum Gasteiger partial charge on any atom is -0.0622 e. The van der Waals surface area contributed by atoms with Crippen LogP contribution >= 0.6 is 0 Å². The lowest BCUT2D eigenvalue weighted by Gasteiger charge is -2.20. The van der Waals surface area contributed by atoms with Gasteiger partial charge >= 0.3 is 0 Å². The fourth-order valence-electron chi connectivity index (χ4n) is 8.25. The molecular formula is C50H32. The summed E-state index contributed by atoms with van der Waals surface area (Å²) in [4.78, 5) is 0. The first kappa shape index (κ1) is 28.5. The zero-order valence-corrected chi connectivity index (χ0v) is 27.5. The minimum absolute atomic E-state index is 1.22. The van der Waals surface area contributed by atoms with Crippen LogP contribution in [-0.4, -0.2) is 0 Å². The summed E-state index contributed by atoms with van der Waals surface area (Å²) in [6.07, 6.45) is 0. The molecule has 10 rings (SSSR count). The highest BCUT2D eigenvalue weighted by molar-refractivity contribution is 6.24. The molecule has 0 radical (unpaired) electrons. The average Bonchev–Trinajstić information content (AvgIpc) is 3.19. The van der Waals surface area contributed by atoms with Gasteiger partial charge in [0.25, 0.3) is 0 Å². The van der Waals surface area contributed by atoms with E-state index >= 15 is 0 Å². The average molecular weight is 633 g/mol. The molecule has 0 unspecified atom stereocenters. The first-order chi connectivity index (χ1) is 24.8. The van der Waals surface area contributed by atoms with Crippen molar-refractivity contribution in [3.63, 3.8) is 0 Å². The van der Waals surface area contributed by atoms with Crippen molar-refractivity contribution in [2.45, 2.75) is 0 Å². The Bertz CT molecular complexity index is 2900. The SMILES string of the molecule is c1ccc(-c2c3ccccc3c(-c3cccc4ccccc34)c3cc(-c4cccc5c(-c6cccc7ccccc67)cccc45)ccc23)cc1. The second kappa shape index (κ2) is 11.6. The zero-order valence-electron chi connectivity index (χ0n) is 27.5. The molecule has 232 valence electrons. The Balaban J connectivity index is 1.29. The molecule has 0 saturated carbocycles. The van der Waals surface area contributed by atoms with Gasteiger partial charge in [-0.2, -0.15) is 0 Å². The third-order valence-electron chi connectivity index (χ3n) is 10.5. The Kier molecular flexibility index (Phi) is 6.60. The highest BCUT2D eigenvalue weighted by Crippen LogP contribution is 2.47. The number of benzene rings is 10. The molecule has 0 bridgehead atoms. The first-order valence-corrected chi connectivity index (χ1v) is 17.4. The molecule has 0 heteroatoms. The van der Waals surface area contributed by atoms with Gasteiger partial charge in [-0.3, -0.25) is 0 Å². The molecule has 0 N–H and O–H groups in total. The topological polar surface area (TPSA) is 0 Å².